The molecule has 0 aromatic carbocycles. The topological polar surface area (TPSA) is 55.7 Å². The number of aromatic nitrogens is 2. The van der Waals surface area contributed by atoms with Crippen LogP contribution in [0.2, 0.25) is 0 Å². The predicted octanol–water partition coefficient (Wildman–Crippen LogP) is 0.978. The summed E-state index contributed by atoms with van der Waals surface area (Å²) in [5.41, 5.74) is -0.410. The van der Waals surface area contributed by atoms with Crippen LogP contribution in [0.3, 0.4) is 0 Å². The first-order valence-corrected chi connectivity index (χ1v) is 9.43. The second-order valence-corrected chi connectivity index (χ2v) is 7.70. The maximum atomic E-state index is 10.7. The Morgan fingerprint density at radius 2 is 1.67 bits per heavy atom. The molecular formula is C18H29N5O. The van der Waals surface area contributed by atoms with Gasteiger partial charge in [-0.3, -0.25) is 9.80 Å². The molecule has 6 nitrogen and oxygen atoms in total. The second kappa shape index (κ2) is 6.94. The summed E-state index contributed by atoms with van der Waals surface area (Å²) in [7, 11) is 0. The number of anilines is 1. The van der Waals surface area contributed by atoms with Gasteiger partial charge in [0.2, 0.25) is 5.95 Å². The molecule has 0 bridgehead atoms. The molecule has 0 unspecified atom stereocenters. The smallest absolute Gasteiger partial charge is 0.225 e. The fraction of sp³-hybridized carbons (Fsp3) is 0.778. The van der Waals surface area contributed by atoms with Crippen molar-refractivity contribution < 1.29 is 5.11 Å². The molecule has 1 N–H and O–H groups in total. The van der Waals surface area contributed by atoms with Crippen molar-refractivity contribution in [1.82, 2.24) is 19.8 Å². The molecule has 0 radical (unpaired) electrons. The Morgan fingerprint density at radius 1 is 1.00 bits per heavy atom. The minimum Gasteiger partial charge on any atom is -0.389 e. The molecule has 0 atom stereocenters. The lowest BCUT2D eigenvalue weighted by atomic mass is 9.83. The number of rotatable bonds is 4. The van der Waals surface area contributed by atoms with Crippen LogP contribution >= 0.6 is 0 Å². The first-order chi connectivity index (χ1) is 11.7. The molecule has 1 aromatic rings. The van der Waals surface area contributed by atoms with Gasteiger partial charge in [-0.2, -0.15) is 0 Å². The number of hydrogen-bond donors (Lipinski definition) is 1. The highest BCUT2D eigenvalue weighted by atomic mass is 16.3. The number of likely N-dealkylation sites (tertiary alicyclic amines) is 1. The molecule has 3 heterocycles. The molecule has 3 fully saturated rings. The Labute approximate surface area is 144 Å². The normalized spacial score (nSPS) is 26.3. The van der Waals surface area contributed by atoms with Crippen LogP contribution in [0.15, 0.2) is 18.5 Å². The van der Waals surface area contributed by atoms with E-state index >= 15 is 0 Å². The molecule has 1 saturated carbocycles. The summed E-state index contributed by atoms with van der Waals surface area (Å²) >= 11 is 0. The molecule has 1 aliphatic carbocycles. The Balaban J connectivity index is 1.21. The highest BCUT2D eigenvalue weighted by Gasteiger charge is 2.39. The monoisotopic (exact) mass is 331 g/mol. The van der Waals surface area contributed by atoms with Gasteiger partial charge < -0.3 is 10.0 Å². The molecule has 2 aliphatic heterocycles. The van der Waals surface area contributed by atoms with E-state index in [1.54, 1.807) is 0 Å². The number of piperazine rings is 1. The molecule has 132 valence electrons. The van der Waals surface area contributed by atoms with Crippen LogP contribution in [-0.4, -0.2) is 82.3 Å². The average molecular weight is 331 g/mol. The lowest BCUT2D eigenvalue weighted by molar-refractivity contribution is -0.0635. The van der Waals surface area contributed by atoms with Crippen molar-refractivity contribution in [1.29, 1.82) is 0 Å². The van der Waals surface area contributed by atoms with Gasteiger partial charge in [0.1, 0.15) is 0 Å². The van der Waals surface area contributed by atoms with Gasteiger partial charge in [-0.15, -0.1) is 0 Å². The number of β-amino-alcohol motifs (C(OH)–C–C–N with tert-alkyl or cyclic N) is 1. The quantitative estimate of drug-likeness (QED) is 0.888. The molecule has 0 spiro atoms. The zero-order valence-electron chi connectivity index (χ0n) is 14.5. The van der Waals surface area contributed by atoms with Crippen LogP contribution in [0.4, 0.5) is 5.95 Å². The van der Waals surface area contributed by atoms with E-state index in [4.69, 9.17) is 0 Å². The molecule has 4 rings (SSSR count). The highest BCUT2D eigenvalue weighted by molar-refractivity contribution is 5.29. The maximum Gasteiger partial charge on any atom is 0.225 e. The Hall–Kier alpha value is -1.24. The largest absolute Gasteiger partial charge is 0.389 e. The van der Waals surface area contributed by atoms with Crippen molar-refractivity contribution in [2.75, 3.05) is 50.7 Å². The standard InChI is InChI=1S/C18H29N5O/c24-18(5-2-1-3-6-18)15-21-13-16(14-21)22-9-11-23(12-10-22)17-19-7-4-8-20-17/h4,7-8,16,24H,1-3,5-6,9-15H2. The summed E-state index contributed by atoms with van der Waals surface area (Å²) in [6.45, 7) is 7.28. The summed E-state index contributed by atoms with van der Waals surface area (Å²) in [5, 5.41) is 10.7. The molecule has 24 heavy (non-hydrogen) atoms. The average Bonchev–Trinajstić information content (AvgIpc) is 2.59. The van der Waals surface area contributed by atoms with Crippen molar-refractivity contribution in [3.63, 3.8) is 0 Å². The zero-order chi connectivity index (χ0) is 16.4. The van der Waals surface area contributed by atoms with Gasteiger partial charge in [0, 0.05) is 64.2 Å². The Morgan fingerprint density at radius 3 is 2.33 bits per heavy atom. The molecule has 1 aromatic heterocycles. The minimum absolute atomic E-state index is 0.410. The molecule has 0 amide bonds. The first-order valence-electron chi connectivity index (χ1n) is 9.43. The third-order valence-corrected chi connectivity index (χ3v) is 5.91. The highest BCUT2D eigenvalue weighted by Crippen LogP contribution is 2.30. The number of nitrogens with zero attached hydrogens (tertiary/aromatic N) is 5. The Bertz CT molecular complexity index is 519. The number of hydrogen-bond acceptors (Lipinski definition) is 6. The van der Waals surface area contributed by atoms with Crippen LogP contribution < -0.4 is 4.90 Å². The summed E-state index contributed by atoms with van der Waals surface area (Å²) in [6.07, 6.45) is 9.28. The fourth-order valence-corrected chi connectivity index (χ4v) is 4.43. The first kappa shape index (κ1) is 16.2. The molecule has 3 aliphatic rings. The van der Waals surface area contributed by atoms with Crippen molar-refractivity contribution >= 4 is 5.95 Å². The van der Waals surface area contributed by atoms with Gasteiger partial charge in [0.05, 0.1) is 5.60 Å². The molecular weight excluding hydrogens is 302 g/mol. The van der Waals surface area contributed by atoms with E-state index in [1.165, 1.54) is 19.3 Å². The van der Waals surface area contributed by atoms with Gasteiger partial charge >= 0.3 is 0 Å². The van der Waals surface area contributed by atoms with E-state index in [2.05, 4.69) is 24.7 Å². The third-order valence-electron chi connectivity index (χ3n) is 5.91. The molecule has 2 saturated heterocycles. The lowest BCUT2D eigenvalue weighted by Gasteiger charge is -2.50. The zero-order valence-corrected chi connectivity index (χ0v) is 14.5. The molecule has 6 heteroatoms. The van der Waals surface area contributed by atoms with Crippen LogP contribution in [0.5, 0.6) is 0 Å². The van der Waals surface area contributed by atoms with Crippen LogP contribution in [0.25, 0.3) is 0 Å². The van der Waals surface area contributed by atoms with Gasteiger partial charge in [0.25, 0.3) is 0 Å². The van der Waals surface area contributed by atoms with E-state index in [9.17, 15) is 5.11 Å². The van der Waals surface area contributed by atoms with Crippen LogP contribution in [0.1, 0.15) is 32.1 Å². The van der Waals surface area contributed by atoms with Crippen LogP contribution in [-0.2, 0) is 0 Å². The van der Waals surface area contributed by atoms with Crippen molar-refractivity contribution in [2.45, 2.75) is 43.7 Å². The lowest BCUT2D eigenvalue weighted by Crippen LogP contribution is -2.65. The van der Waals surface area contributed by atoms with Gasteiger partial charge in [0.15, 0.2) is 0 Å². The third kappa shape index (κ3) is 3.55. The predicted molar refractivity (Wildman–Crippen MR) is 94.1 cm³/mol. The van der Waals surface area contributed by atoms with Gasteiger partial charge in [-0.05, 0) is 18.9 Å². The van der Waals surface area contributed by atoms with E-state index in [0.717, 1.165) is 64.6 Å². The number of aliphatic hydroxyl groups is 1. The van der Waals surface area contributed by atoms with E-state index in [-0.39, 0.29) is 0 Å². The van der Waals surface area contributed by atoms with Gasteiger partial charge in [-0.1, -0.05) is 19.3 Å². The minimum atomic E-state index is -0.410. The summed E-state index contributed by atoms with van der Waals surface area (Å²) < 4.78 is 0. The SMILES string of the molecule is OC1(CN2CC(N3CCN(c4ncccn4)CC3)C2)CCCCC1. The van der Waals surface area contributed by atoms with Crippen molar-refractivity contribution in [3.8, 4) is 0 Å². The summed E-state index contributed by atoms with van der Waals surface area (Å²) in [5.74, 6) is 0.854. The van der Waals surface area contributed by atoms with E-state index in [0.29, 0.717) is 6.04 Å². The van der Waals surface area contributed by atoms with Gasteiger partial charge in [-0.25, -0.2) is 9.97 Å². The second-order valence-electron chi connectivity index (χ2n) is 7.70. The maximum absolute atomic E-state index is 10.7. The van der Waals surface area contributed by atoms with Crippen molar-refractivity contribution in [2.24, 2.45) is 0 Å². The van der Waals surface area contributed by atoms with Crippen LogP contribution in [0, 0.1) is 0 Å². The summed E-state index contributed by atoms with van der Waals surface area (Å²) in [6, 6.07) is 2.53. The fourth-order valence-electron chi connectivity index (χ4n) is 4.43. The van der Waals surface area contributed by atoms with E-state index in [1.807, 2.05) is 18.5 Å². The Kier molecular flexibility index (Phi) is 4.70. The van der Waals surface area contributed by atoms with E-state index < -0.39 is 5.60 Å². The van der Waals surface area contributed by atoms with Crippen molar-refractivity contribution in [3.05, 3.63) is 18.5 Å². The summed E-state index contributed by atoms with van der Waals surface area (Å²) in [4.78, 5) is 16.0.